The Hall–Kier alpha value is -1.50. The molecule has 0 amide bonds. The highest BCUT2D eigenvalue weighted by Crippen LogP contribution is 2.18. The number of carbonyl (C=O) groups is 1. The highest BCUT2D eigenvalue weighted by molar-refractivity contribution is 5.67. The summed E-state index contributed by atoms with van der Waals surface area (Å²) >= 11 is 0. The largest absolute Gasteiger partial charge is 0.481 e. The molecule has 1 aromatic heterocycles. The molecule has 102 valence electrons. The molecule has 7 heteroatoms. The Labute approximate surface area is 106 Å². The molecule has 0 aliphatic carbocycles. The van der Waals surface area contributed by atoms with Crippen LogP contribution in [0.1, 0.15) is 33.0 Å². The third-order valence-corrected chi connectivity index (χ3v) is 2.41. The Morgan fingerprint density at radius 1 is 1.50 bits per heavy atom. The van der Waals surface area contributed by atoms with Crippen molar-refractivity contribution < 1.29 is 14.6 Å². The van der Waals surface area contributed by atoms with Gasteiger partial charge in [-0.15, -0.1) is 5.10 Å². The van der Waals surface area contributed by atoms with Gasteiger partial charge in [0.15, 0.2) is 5.82 Å². The standard InChI is InChI=1S/C11H20N4O3/c1-11(2,3)6-9-12-13-14-15(9)7-8(18-4)5-10(16)17/h8H,5-7H2,1-4H3,(H,16,17). The van der Waals surface area contributed by atoms with Crippen LogP contribution in [-0.2, 0) is 22.5 Å². The van der Waals surface area contributed by atoms with Gasteiger partial charge in [-0.2, -0.15) is 0 Å². The monoisotopic (exact) mass is 256 g/mol. The third kappa shape index (κ3) is 4.79. The van der Waals surface area contributed by atoms with Crippen molar-refractivity contribution in [2.24, 2.45) is 5.41 Å². The topological polar surface area (TPSA) is 90.1 Å². The summed E-state index contributed by atoms with van der Waals surface area (Å²) in [6, 6.07) is 0. The molecule has 1 atom stereocenters. The summed E-state index contributed by atoms with van der Waals surface area (Å²) in [7, 11) is 1.49. The lowest BCUT2D eigenvalue weighted by Crippen LogP contribution is -2.25. The van der Waals surface area contributed by atoms with E-state index in [0.717, 1.165) is 12.2 Å². The molecule has 0 saturated carbocycles. The lowest BCUT2D eigenvalue weighted by Gasteiger charge is -2.18. The number of methoxy groups -OCH3 is 1. The number of aliphatic carboxylic acids is 1. The molecule has 0 fully saturated rings. The molecule has 1 aromatic rings. The Morgan fingerprint density at radius 2 is 2.17 bits per heavy atom. The third-order valence-electron chi connectivity index (χ3n) is 2.41. The van der Waals surface area contributed by atoms with E-state index in [4.69, 9.17) is 9.84 Å². The maximum Gasteiger partial charge on any atom is 0.306 e. The van der Waals surface area contributed by atoms with E-state index in [1.807, 2.05) is 0 Å². The van der Waals surface area contributed by atoms with Crippen LogP contribution in [0.2, 0.25) is 0 Å². The second-order valence-electron chi connectivity index (χ2n) is 5.47. The van der Waals surface area contributed by atoms with Crippen molar-refractivity contribution in [3.8, 4) is 0 Å². The highest BCUT2D eigenvalue weighted by atomic mass is 16.5. The molecule has 18 heavy (non-hydrogen) atoms. The van der Waals surface area contributed by atoms with Gasteiger partial charge < -0.3 is 9.84 Å². The second kappa shape index (κ2) is 5.90. The van der Waals surface area contributed by atoms with Crippen molar-refractivity contribution in [2.45, 2.75) is 46.3 Å². The van der Waals surface area contributed by atoms with Crippen LogP contribution in [0, 0.1) is 5.41 Å². The number of carboxylic acid groups (broad SMARTS) is 1. The summed E-state index contributed by atoms with van der Waals surface area (Å²) < 4.78 is 6.74. The van der Waals surface area contributed by atoms with E-state index in [9.17, 15) is 4.79 Å². The van der Waals surface area contributed by atoms with Crippen LogP contribution in [0.25, 0.3) is 0 Å². The molecule has 1 heterocycles. The average Bonchev–Trinajstić information content (AvgIpc) is 2.61. The molecule has 1 N–H and O–H groups in total. The number of carboxylic acids is 1. The van der Waals surface area contributed by atoms with Crippen LogP contribution in [-0.4, -0.2) is 44.5 Å². The molecule has 7 nitrogen and oxygen atoms in total. The van der Waals surface area contributed by atoms with Crippen LogP contribution in [0.5, 0.6) is 0 Å². The van der Waals surface area contributed by atoms with Gasteiger partial charge in [-0.1, -0.05) is 20.8 Å². The lowest BCUT2D eigenvalue weighted by molar-refractivity contribution is -0.140. The van der Waals surface area contributed by atoms with E-state index in [-0.39, 0.29) is 11.8 Å². The molecule has 0 radical (unpaired) electrons. The SMILES string of the molecule is COC(CC(=O)O)Cn1nnnc1CC(C)(C)C. The maximum atomic E-state index is 10.7. The van der Waals surface area contributed by atoms with Gasteiger partial charge in [-0.3, -0.25) is 4.79 Å². The fourth-order valence-electron chi connectivity index (χ4n) is 1.58. The zero-order chi connectivity index (χ0) is 13.8. The van der Waals surface area contributed by atoms with E-state index in [1.54, 1.807) is 4.68 Å². The van der Waals surface area contributed by atoms with Crippen LogP contribution in [0.4, 0.5) is 0 Å². The smallest absolute Gasteiger partial charge is 0.306 e. The van der Waals surface area contributed by atoms with Gasteiger partial charge in [0.1, 0.15) is 0 Å². The van der Waals surface area contributed by atoms with E-state index < -0.39 is 12.1 Å². The van der Waals surface area contributed by atoms with Crippen molar-refractivity contribution in [1.82, 2.24) is 20.2 Å². The first-order valence-corrected chi connectivity index (χ1v) is 5.81. The second-order valence-corrected chi connectivity index (χ2v) is 5.47. The molecule has 1 rings (SSSR count). The van der Waals surface area contributed by atoms with Crippen LogP contribution in [0.15, 0.2) is 0 Å². The van der Waals surface area contributed by atoms with E-state index in [2.05, 4.69) is 36.3 Å². The first-order valence-electron chi connectivity index (χ1n) is 5.81. The first-order chi connectivity index (χ1) is 8.31. The predicted molar refractivity (Wildman–Crippen MR) is 64.0 cm³/mol. The summed E-state index contributed by atoms with van der Waals surface area (Å²) in [6.45, 7) is 6.63. The summed E-state index contributed by atoms with van der Waals surface area (Å²) in [5, 5.41) is 20.2. The number of hydrogen-bond donors (Lipinski definition) is 1. The summed E-state index contributed by atoms with van der Waals surface area (Å²) in [5.74, 6) is -0.151. The molecule has 0 aromatic carbocycles. The molecule has 0 aliphatic rings. The number of rotatable bonds is 6. The van der Waals surface area contributed by atoms with Crippen molar-refractivity contribution in [3.05, 3.63) is 5.82 Å². The fraction of sp³-hybridized carbons (Fsp3) is 0.818. The fourth-order valence-corrected chi connectivity index (χ4v) is 1.58. The van der Waals surface area contributed by atoms with Crippen molar-refractivity contribution in [3.63, 3.8) is 0 Å². The summed E-state index contributed by atoms with van der Waals surface area (Å²) in [4.78, 5) is 10.7. The Kier molecular flexibility index (Phi) is 4.77. The predicted octanol–water partition coefficient (Wildman–Crippen LogP) is 0.751. The van der Waals surface area contributed by atoms with Crippen LogP contribution < -0.4 is 0 Å². The van der Waals surface area contributed by atoms with E-state index in [0.29, 0.717) is 6.54 Å². The van der Waals surface area contributed by atoms with Gasteiger partial charge in [-0.25, -0.2) is 4.68 Å². The Morgan fingerprint density at radius 3 is 2.67 bits per heavy atom. The molecular weight excluding hydrogens is 236 g/mol. The minimum atomic E-state index is -0.896. The molecule has 0 bridgehead atoms. The van der Waals surface area contributed by atoms with Crippen molar-refractivity contribution in [2.75, 3.05) is 7.11 Å². The summed E-state index contributed by atoms with van der Waals surface area (Å²) in [5.41, 5.74) is 0.0713. The lowest BCUT2D eigenvalue weighted by atomic mass is 9.92. The highest BCUT2D eigenvalue weighted by Gasteiger charge is 2.20. The number of aromatic nitrogens is 4. The number of nitrogens with zero attached hydrogens (tertiary/aromatic N) is 4. The summed E-state index contributed by atoms with van der Waals surface area (Å²) in [6.07, 6.45) is 0.235. The van der Waals surface area contributed by atoms with Gasteiger partial charge in [0.05, 0.1) is 19.1 Å². The van der Waals surface area contributed by atoms with E-state index >= 15 is 0 Å². The average molecular weight is 256 g/mol. The zero-order valence-corrected chi connectivity index (χ0v) is 11.3. The van der Waals surface area contributed by atoms with E-state index in [1.165, 1.54) is 7.11 Å². The minimum Gasteiger partial charge on any atom is -0.481 e. The van der Waals surface area contributed by atoms with Crippen molar-refractivity contribution >= 4 is 5.97 Å². The molecule has 0 aliphatic heterocycles. The molecule has 0 spiro atoms. The maximum absolute atomic E-state index is 10.7. The van der Waals surface area contributed by atoms with Gasteiger partial charge >= 0.3 is 5.97 Å². The quantitative estimate of drug-likeness (QED) is 0.807. The van der Waals surface area contributed by atoms with Gasteiger partial charge in [0.2, 0.25) is 0 Å². The van der Waals surface area contributed by atoms with Gasteiger partial charge in [0, 0.05) is 13.5 Å². The number of hydrogen-bond acceptors (Lipinski definition) is 5. The Bertz CT molecular complexity index is 397. The minimum absolute atomic E-state index is 0.0642. The van der Waals surface area contributed by atoms with Crippen molar-refractivity contribution in [1.29, 1.82) is 0 Å². The normalized spacial score (nSPS) is 13.6. The molecular formula is C11H20N4O3. The number of tetrazole rings is 1. The zero-order valence-electron chi connectivity index (χ0n) is 11.3. The van der Waals surface area contributed by atoms with Crippen LogP contribution >= 0.6 is 0 Å². The van der Waals surface area contributed by atoms with Gasteiger partial charge in [0.25, 0.3) is 0 Å². The molecule has 0 saturated heterocycles. The Balaban J connectivity index is 2.72. The first kappa shape index (κ1) is 14.6. The number of ether oxygens (including phenoxy) is 1. The van der Waals surface area contributed by atoms with Crippen LogP contribution in [0.3, 0.4) is 0 Å². The molecule has 1 unspecified atom stereocenters. The van der Waals surface area contributed by atoms with Gasteiger partial charge in [-0.05, 0) is 15.8 Å².